The molecule has 5 nitrogen and oxygen atoms in total. The topological polar surface area (TPSA) is 63.2 Å². The van der Waals surface area contributed by atoms with Crippen LogP contribution in [0.25, 0.3) is 10.6 Å². The van der Waals surface area contributed by atoms with Crippen molar-refractivity contribution >= 4 is 29.7 Å². The lowest BCUT2D eigenvalue weighted by atomic mass is 10.2. The van der Waals surface area contributed by atoms with Crippen LogP contribution in [0, 0.1) is 0 Å². The molecule has 1 unspecified atom stereocenters. The zero-order chi connectivity index (χ0) is 15.4. The SMILES string of the molecule is COc1ccccc1-c1ncc(CNC(=O)C2C=CCN2)s1.Cl. The van der Waals surface area contributed by atoms with Gasteiger partial charge < -0.3 is 10.1 Å². The van der Waals surface area contributed by atoms with Crippen molar-refractivity contribution in [2.45, 2.75) is 12.6 Å². The van der Waals surface area contributed by atoms with Gasteiger partial charge in [-0.25, -0.2) is 4.98 Å². The third kappa shape index (κ3) is 4.10. The number of para-hydroxylation sites is 1. The molecule has 2 heterocycles. The van der Waals surface area contributed by atoms with Gasteiger partial charge in [0.25, 0.3) is 0 Å². The van der Waals surface area contributed by atoms with Crippen LogP contribution in [-0.2, 0) is 11.3 Å². The van der Waals surface area contributed by atoms with Gasteiger partial charge in [-0.2, -0.15) is 0 Å². The van der Waals surface area contributed by atoms with Crippen molar-refractivity contribution in [3.05, 3.63) is 47.5 Å². The largest absolute Gasteiger partial charge is 0.496 e. The summed E-state index contributed by atoms with van der Waals surface area (Å²) in [4.78, 5) is 17.4. The van der Waals surface area contributed by atoms with Crippen molar-refractivity contribution in [3.8, 4) is 16.3 Å². The highest BCUT2D eigenvalue weighted by Gasteiger charge is 2.17. The number of nitrogens with one attached hydrogen (secondary N) is 2. The summed E-state index contributed by atoms with van der Waals surface area (Å²) in [7, 11) is 1.65. The molecule has 0 spiro atoms. The van der Waals surface area contributed by atoms with Crippen molar-refractivity contribution in [1.82, 2.24) is 15.6 Å². The van der Waals surface area contributed by atoms with Gasteiger partial charge in [0.15, 0.2) is 0 Å². The van der Waals surface area contributed by atoms with E-state index in [0.29, 0.717) is 6.54 Å². The fourth-order valence-electron chi connectivity index (χ4n) is 2.27. The second kappa shape index (κ2) is 8.10. The van der Waals surface area contributed by atoms with Gasteiger partial charge in [-0.15, -0.1) is 23.7 Å². The molecule has 1 amide bonds. The summed E-state index contributed by atoms with van der Waals surface area (Å²) in [5, 5.41) is 6.90. The van der Waals surface area contributed by atoms with E-state index in [1.807, 2.05) is 36.4 Å². The van der Waals surface area contributed by atoms with Crippen LogP contribution in [0.2, 0.25) is 0 Å². The predicted molar refractivity (Wildman–Crippen MR) is 94.1 cm³/mol. The number of nitrogens with zero attached hydrogens (tertiary/aromatic N) is 1. The lowest BCUT2D eigenvalue weighted by Crippen LogP contribution is -2.39. The molecule has 0 bridgehead atoms. The maximum Gasteiger partial charge on any atom is 0.241 e. The predicted octanol–water partition coefficient (Wildman–Crippen LogP) is 2.38. The minimum absolute atomic E-state index is 0. The quantitative estimate of drug-likeness (QED) is 0.812. The van der Waals surface area contributed by atoms with E-state index < -0.39 is 0 Å². The van der Waals surface area contributed by atoms with Crippen molar-refractivity contribution in [1.29, 1.82) is 0 Å². The number of aromatic nitrogens is 1. The number of rotatable bonds is 5. The van der Waals surface area contributed by atoms with Crippen molar-refractivity contribution in [2.24, 2.45) is 0 Å². The van der Waals surface area contributed by atoms with Gasteiger partial charge in [0.2, 0.25) is 5.91 Å². The summed E-state index contributed by atoms with van der Waals surface area (Å²) in [6.45, 7) is 1.23. The minimum atomic E-state index is -0.221. The molecular formula is C16H18ClN3O2S. The van der Waals surface area contributed by atoms with Gasteiger partial charge in [0.1, 0.15) is 16.8 Å². The Morgan fingerprint density at radius 1 is 1.48 bits per heavy atom. The molecule has 0 fully saturated rings. The van der Waals surface area contributed by atoms with E-state index in [2.05, 4.69) is 15.6 Å². The maximum atomic E-state index is 11.9. The number of carbonyl (C=O) groups excluding carboxylic acids is 1. The first-order valence-electron chi connectivity index (χ1n) is 7.04. The molecule has 1 aromatic heterocycles. The molecule has 0 saturated carbocycles. The zero-order valence-electron chi connectivity index (χ0n) is 12.6. The Balaban J connectivity index is 0.00000192. The van der Waals surface area contributed by atoms with Crippen LogP contribution in [0.1, 0.15) is 4.88 Å². The number of thiazole rings is 1. The molecule has 1 aliphatic heterocycles. The summed E-state index contributed by atoms with van der Waals surface area (Å²) in [5.74, 6) is 0.786. The Hall–Kier alpha value is -1.89. The highest BCUT2D eigenvalue weighted by atomic mass is 35.5. The number of carbonyl (C=O) groups is 1. The molecule has 0 aliphatic carbocycles. The Morgan fingerprint density at radius 3 is 3.04 bits per heavy atom. The van der Waals surface area contributed by atoms with Crippen LogP contribution in [-0.4, -0.2) is 30.6 Å². The summed E-state index contributed by atoms with van der Waals surface area (Å²) in [6, 6.07) is 7.56. The van der Waals surface area contributed by atoms with Crippen LogP contribution in [0.4, 0.5) is 0 Å². The first-order valence-corrected chi connectivity index (χ1v) is 7.85. The molecule has 1 aliphatic rings. The monoisotopic (exact) mass is 351 g/mol. The van der Waals surface area contributed by atoms with E-state index in [0.717, 1.165) is 27.7 Å². The molecule has 0 radical (unpaired) electrons. The molecule has 0 saturated heterocycles. The van der Waals surface area contributed by atoms with Crippen LogP contribution in [0.3, 0.4) is 0 Å². The summed E-state index contributed by atoms with van der Waals surface area (Å²) >= 11 is 1.56. The Labute approximate surface area is 145 Å². The summed E-state index contributed by atoms with van der Waals surface area (Å²) in [5.41, 5.74) is 0.966. The number of amides is 1. The molecular weight excluding hydrogens is 334 g/mol. The number of hydrogen-bond acceptors (Lipinski definition) is 5. The molecule has 1 atom stereocenters. The molecule has 2 aromatic rings. The smallest absolute Gasteiger partial charge is 0.241 e. The van der Waals surface area contributed by atoms with E-state index in [4.69, 9.17) is 4.74 Å². The normalized spacial score (nSPS) is 16.0. The average molecular weight is 352 g/mol. The van der Waals surface area contributed by atoms with Gasteiger partial charge in [-0.3, -0.25) is 10.1 Å². The Morgan fingerprint density at radius 2 is 2.30 bits per heavy atom. The summed E-state index contributed by atoms with van der Waals surface area (Å²) in [6.07, 6.45) is 5.63. The van der Waals surface area contributed by atoms with Gasteiger partial charge in [0, 0.05) is 17.6 Å². The molecule has 122 valence electrons. The van der Waals surface area contributed by atoms with Crippen LogP contribution >= 0.6 is 23.7 Å². The molecule has 1 aromatic carbocycles. The maximum absolute atomic E-state index is 11.9. The van der Waals surface area contributed by atoms with Gasteiger partial charge in [-0.05, 0) is 12.1 Å². The van der Waals surface area contributed by atoms with Crippen LogP contribution in [0.15, 0.2) is 42.6 Å². The van der Waals surface area contributed by atoms with E-state index >= 15 is 0 Å². The van der Waals surface area contributed by atoms with Crippen molar-refractivity contribution in [3.63, 3.8) is 0 Å². The van der Waals surface area contributed by atoms with Gasteiger partial charge in [-0.1, -0.05) is 24.3 Å². The Kier molecular flexibility index (Phi) is 6.15. The third-order valence-corrected chi connectivity index (χ3v) is 4.43. The van der Waals surface area contributed by atoms with E-state index in [9.17, 15) is 4.79 Å². The lowest BCUT2D eigenvalue weighted by Gasteiger charge is -2.09. The number of ether oxygens (including phenoxy) is 1. The average Bonchev–Trinajstić information content (AvgIpc) is 3.24. The number of hydrogen-bond donors (Lipinski definition) is 2. The van der Waals surface area contributed by atoms with E-state index in [1.165, 1.54) is 0 Å². The fraction of sp³-hybridized carbons (Fsp3) is 0.250. The van der Waals surface area contributed by atoms with Crippen molar-refractivity contribution in [2.75, 3.05) is 13.7 Å². The first kappa shape index (κ1) is 17.5. The highest BCUT2D eigenvalue weighted by molar-refractivity contribution is 7.15. The zero-order valence-corrected chi connectivity index (χ0v) is 14.2. The van der Waals surface area contributed by atoms with Gasteiger partial charge in [0.05, 0.1) is 19.2 Å². The third-order valence-electron chi connectivity index (χ3n) is 3.39. The molecule has 23 heavy (non-hydrogen) atoms. The number of methoxy groups -OCH3 is 1. The second-order valence-electron chi connectivity index (χ2n) is 4.86. The highest BCUT2D eigenvalue weighted by Crippen LogP contribution is 2.32. The van der Waals surface area contributed by atoms with Crippen LogP contribution in [0.5, 0.6) is 5.75 Å². The summed E-state index contributed by atoms with van der Waals surface area (Å²) < 4.78 is 5.36. The van der Waals surface area contributed by atoms with Gasteiger partial charge >= 0.3 is 0 Å². The lowest BCUT2D eigenvalue weighted by molar-refractivity contribution is -0.122. The molecule has 2 N–H and O–H groups in total. The van der Waals surface area contributed by atoms with Crippen LogP contribution < -0.4 is 15.4 Å². The molecule has 7 heteroatoms. The first-order chi connectivity index (χ1) is 10.8. The fourth-order valence-corrected chi connectivity index (χ4v) is 3.15. The number of benzene rings is 1. The van der Waals surface area contributed by atoms with Crippen molar-refractivity contribution < 1.29 is 9.53 Å². The second-order valence-corrected chi connectivity index (χ2v) is 5.98. The Bertz CT molecular complexity index is 702. The van der Waals surface area contributed by atoms with E-state index in [-0.39, 0.29) is 24.4 Å². The molecule has 3 rings (SSSR count). The minimum Gasteiger partial charge on any atom is -0.496 e. The van der Waals surface area contributed by atoms with E-state index in [1.54, 1.807) is 24.6 Å². The standard InChI is InChI=1S/C16H17N3O2S.ClH/c1-21-14-7-3-2-5-12(14)16-19-10-11(22-16)9-18-15(20)13-6-4-8-17-13;/h2-7,10,13,17H,8-9H2,1H3,(H,18,20);1H. The number of halogens is 1.